The van der Waals surface area contributed by atoms with E-state index in [1.807, 2.05) is 18.2 Å². The van der Waals surface area contributed by atoms with E-state index in [0.717, 1.165) is 11.1 Å². The van der Waals surface area contributed by atoms with Gasteiger partial charge in [-0.05, 0) is 42.6 Å². The van der Waals surface area contributed by atoms with Gasteiger partial charge < -0.3 is 30.3 Å². The number of ether oxygens (including phenoxy) is 2. The molecule has 0 heterocycles. The molecule has 4 N–H and O–H groups in total. The number of aryl methyl sites for hydroxylation is 1. The average molecular weight is 459 g/mol. The van der Waals surface area contributed by atoms with Gasteiger partial charge >= 0.3 is 11.9 Å². The van der Waals surface area contributed by atoms with Crippen LogP contribution in [0, 0.1) is 0 Å². The van der Waals surface area contributed by atoms with Gasteiger partial charge in [-0.1, -0.05) is 36.4 Å². The topological polar surface area (TPSA) is 134 Å². The Hall–Kier alpha value is -3.59. The van der Waals surface area contributed by atoms with E-state index in [4.69, 9.17) is 9.47 Å². The maximum absolute atomic E-state index is 12.7. The maximum atomic E-state index is 12.7. The summed E-state index contributed by atoms with van der Waals surface area (Å²) in [6.45, 7) is 0.371. The highest BCUT2D eigenvalue weighted by molar-refractivity contribution is 5.89. The average Bonchev–Trinajstić information content (AvgIpc) is 2.80. The van der Waals surface area contributed by atoms with Crippen molar-refractivity contribution in [3.8, 4) is 11.5 Å². The van der Waals surface area contributed by atoms with Crippen LogP contribution in [0.25, 0.3) is 0 Å². The minimum Gasteiger partial charge on any atom is -0.493 e. The number of amides is 1. The fraction of sp³-hybridized carbons (Fsp3) is 0.375. The lowest BCUT2D eigenvalue weighted by atomic mass is 10.0. The largest absolute Gasteiger partial charge is 0.493 e. The molecule has 0 bridgehead atoms. The van der Waals surface area contributed by atoms with E-state index in [1.165, 1.54) is 0 Å². The van der Waals surface area contributed by atoms with Crippen LogP contribution in [0.1, 0.15) is 24.0 Å². The molecule has 0 aliphatic carbocycles. The highest BCUT2D eigenvalue weighted by Gasteiger charge is 2.26. The number of nitrogens with one attached hydrogen (secondary N) is 2. The molecule has 33 heavy (non-hydrogen) atoms. The number of carbonyl (C=O) groups excluding carboxylic acids is 1. The van der Waals surface area contributed by atoms with Crippen molar-refractivity contribution in [2.24, 2.45) is 0 Å². The molecular weight excluding hydrogens is 428 g/mol. The molecule has 0 spiro atoms. The molecule has 2 rings (SSSR count). The lowest BCUT2D eigenvalue weighted by molar-refractivity contribution is -0.143. The summed E-state index contributed by atoms with van der Waals surface area (Å²) in [5.74, 6) is -1.76. The van der Waals surface area contributed by atoms with Gasteiger partial charge in [-0.3, -0.25) is 9.59 Å². The number of hydrogen-bond acceptors (Lipinski definition) is 6. The zero-order valence-electron chi connectivity index (χ0n) is 18.7. The zero-order valence-corrected chi connectivity index (χ0v) is 18.7. The molecule has 2 aromatic carbocycles. The first-order valence-electron chi connectivity index (χ1n) is 10.6. The van der Waals surface area contributed by atoms with Crippen LogP contribution in [0.4, 0.5) is 0 Å². The molecule has 0 saturated heterocycles. The summed E-state index contributed by atoms with van der Waals surface area (Å²) in [4.78, 5) is 35.5. The van der Waals surface area contributed by atoms with Crippen LogP contribution in [0.3, 0.4) is 0 Å². The van der Waals surface area contributed by atoms with Gasteiger partial charge in [-0.15, -0.1) is 0 Å². The van der Waals surface area contributed by atoms with Crippen molar-refractivity contribution in [3.05, 3.63) is 59.7 Å². The van der Waals surface area contributed by atoms with Crippen molar-refractivity contribution >= 4 is 17.8 Å². The van der Waals surface area contributed by atoms with Crippen LogP contribution in [0.2, 0.25) is 0 Å². The van der Waals surface area contributed by atoms with E-state index in [-0.39, 0.29) is 6.42 Å². The van der Waals surface area contributed by atoms with Crippen molar-refractivity contribution in [2.45, 2.75) is 37.8 Å². The monoisotopic (exact) mass is 458 g/mol. The summed E-state index contributed by atoms with van der Waals surface area (Å²) in [7, 11) is 3.12. The second-order valence-electron chi connectivity index (χ2n) is 7.49. The quantitative estimate of drug-likeness (QED) is 0.315. The van der Waals surface area contributed by atoms with Gasteiger partial charge in [-0.2, -0.15) is 0 Å². The fourth-order valence-corrected chi connectivity index (χ4v) is 3.36. The number of carboxylic acid groups (broad SMARTS) is 2. The summed E-state index contributed by atoms with van der Waals surface area (Å²) in [5.41, 5.74) is 1.75. The van der Waals surface area contributed by atoms with Crippen molar-refractivity contribution in [1.29, 1.82) is 0 Å². The van der Waals surface area contributed by atoms with E-state index < -0.39 is 36.4 Å². The van der Waals surface area contributed by atoms with Gasteiger partial charge in [-0.25, -0.2) is 4.79 Å². The number of carbonyl (C=O) groups is 3. The standard InChI is InChI=1S/C24H30N2O7/c1-32-20-11-10-17(14-21(20)33-2)9-6-12-25-18(15-22(27)28)23(29)26-19(24(30)31)13-16-7-4-3-5-8-16/h3-5,7-8,10-11,14,18-19,25H,6,9,12-13,15H2,1-2H3,(H,26,29)(H,27,28)(H,30,31)/t18-,19-/m0/s1. The van der Waals surface area contributed by atoms with Gasteiger partial charge in [0.1, 0.15) is 6.04 Å². The summed E-state index contributed by atoms with van der Waals surface area (Å²) in [6.07, 6.45) is 0.937. The third-order valence-corrected chi connectivity index (χ3v) is 5.07. The Morgan fingerprint density at radius 3 is 2.21 bits per heavy atom. The number of aliphatic carboxylic acids is 2. The van der Waals surface area contributed by atoms with Gasteiger partial charge in [0.05, 0.1) is 26.7 Å². The number of methoxy groups -OCH3 is 2. The molecule has 2 atom stereocenters. The van der Waals surface area contributed by atoms with E-state index in [9.17, 15) is 24.6 Å². The van der Waals surface area contributed by atoms with Crippen LogP contribution >= 0.6 is 0 Å². The predicted octanol–water partition coefficient (Wildman–Crippen LogP) is 1.88. The Labute approximate surface area is 192 Å². The fourth-order valence-electron chi connectivity index (χ4n) is 3.36. The molecule has 0 unspecified atom stereocenters. The van der Waals surface area contributed by atoms with Crippen molar-refractivity contribution in [2.75, 3.05) is 20.8 Å². The van der Waals surface area contributed by atoms with Crippen molar-refractivity contribution in [1.82, 2.24) is 10.6 Å². The minimum atomic E-state index is -1.19. The molecule has 0 aliphatic rings. The molecule has 0 fully saturated rings. The first-order chi connectivity index (χ1) is 15.8. The maximum Gasteiger partial charge on any atom is 0.326 e. The first kappa shape index (κ1) is 25.7. The van der Waals surface area contributed by atoms with Gasteiger partial charge in [0.2, 0.25) is 5.91 Å². The summed E-state index contributed by atoms with van der Waals surface area (Å²) in [5, 5.41) is 24.1. The summed E-state index contributed by atoms with van der Waals surface area (Å²) >= 11 is 0. The molecule has 9 heteroatoms. The van der Waals surface area contributed by atoms with Crippen molar-refractivity contribution in [3.63, 3.8) is 0 Å². The molecular formula is C24H30N2O7. The molecule has 0 aromatic heterocycles. The number of benzene rings is 2. The summed E-state index contributed by atoms with van der Waals surface area (Å²) in [6, 6.07) is 12.3. The van der Waals surface area contributed by atoms with E-state index in [0.29, 0.717) is 30.9 Å². The Bertz CT molecular complexity index is 934. The molecule has 178 valence electrons. The van der Waals surface area contributed by atoms with Gasteiger partial charge in [0.15, 0.2) is 11.5 Å². The highest BCUT2D eigenvalue weighted by atomic mass is 16.5. The van der Waals surface area contributed by atoms with Crippen LogP contribution < -0.4 is 20.1 Å². The Kier molecular flexibility index (Phi) is 10.2. The molecule has 1 amide bonds. The van der Waals surface area contributed by atoms with Crippen LogP contribution in [-0.2, 0) is 27.2 Å². The molecule has 0 aliphatic heterocycles. The predicted molar refractivity (Wildman–Crippen MR) is 122 cm³/mol. The lowest BCUT2D eigenvalue weighted by Gasteiger charge is -2.20. The Morgan fingerprint density at radius 1 is 0.909 bits per heavy atom. The van der Waals surface area contributed by atoms with Gasteiger partial charge in [0.25, 0.3) is 0 Å². The molecule has 2 aromatic rings. The van der Waals surface area contributed by atoms with Crippen molar-refractivity contribution < 1.29 is 34.1 Å². The molecule has 9 nitrogen and oxygen atoms in total. The van der Waals surface area contributed by atoms with Crippen LogP contribution in [-0.4, -0.2) is 60.9 Å². The number of rotatable bonds is 14. The third kappa shape index (κ3) is 8.46. The smallest absolute Gasteiger partial charge is 0.326 e. The molecule has 0 radical (unpaired) electrons. The number of carboxylic acids is 2. The first-order valence-corrected chi connectivity index (χ1v) is 10.6. The van der Waals surface area contributed by atoms with Crippen LogP contribution in [0.5, 0.6) is 11.5 Å². The zero-order chi connectivity index (χ0) is 24.2. The van der Waals surface area contributed by atoms with E-state index in [2.05, 4.69) is 10.6 Å². The second kappa shape index (κ2) is 13.1. The van der Waals surface area contributed by atoms with Crippen LogP contribution in [0.15, 0.2) is 48.5 Å². The van der Waals surface area contributed by atoms with E-state index in [1.54, 1.807) is 44.6 Å². The number of hydrogen-bond donors (Lipinski definition) is 4. The normalized spacial score (nSPS) is 12.4. The van der Waals surface area contributed by atoms with Gasteiger partial charge in [0, 0.05) is 6.42 Å². The third-order valence-electron chi connectivity index (χ3n) is 5.07. The Morgan fingerprint density at radius 2 is 1.61 bits per heavy atom. The Balaban J connectivity index is 1.93. The highest BCUT2D eigenvalue weighted by Crippen LogP contribution is 2.27. The van der Waals surface area contributed by atoms with E-state index >= 15 is 0 Å². The second-order valence-corrected chi connectivity index (χ2v) is 7.49. The SMILES string of the molecule is COc1ccc(CCCN[C@@H](CC(=O)O)C(=O)N[C@@H](Cc2ccccc2)C(=O)O)cc1OC. The minimum absolute atomic E-state index is 0.0982. The summed E-state index contributed by atoms with van der Waals surface area (Å²) < 4.78 is 10.5. The lowest BCUT2D eigenvalue weighted by Crippen LogP contribution is -2.51. The molecule has 0 saturated carbocycles.